The van der Waals surface area contributed by atoms with Crippen LogP contribution in [0.15, 0.2) is 71.9 Å². The van der Waals surface area contributed by atoms with Gasteiger partial charge >= 0.3 is 0 Å². The zero-order valence-corrected chi connectivity index (χ0v) is 15.7. The van der Waals surface area contributed by atoms with Crippen molar-refractivity contribution in [3.8, 4) is 0 Å². The summed E-state index contributed by atoms with van der Waals surface area (Å²) in [6, 6.07) is 18.0. The second kappa shape index (κ2) is 7.64. The van der Waals surface area contributed by atoms with Gasteiger partial charge in [0.25, 0.3) is 0 Å². The summed E-state index contributed by atoms with van der Waals surface area (Å²) in [5, 5.41) is 7.58. The fourth-order valence-electron chi connectivity index (χ4n) is 3.39. The van der Waals surface area contributed by atoms with Gasteiger partial charge in [0, 0.05) is 18.8 Å². The van der Waals surface area contributed by atoms with Crippen LogP contribution in [0.1, 0.15) is 22.7 Å². The minimum Gasteiger partial charge on any atom is -0.308 e. The van der Waals surface area contributed by atoms with Gasteiger partial charge in [0.1, 0.15) is 4.90 Å². The van der Waals surface area contributed by atoms with E-state index >= 15 is 0 Å². The van der Waals surface area contributed by atoms with E-state index in [0.29, 0.717) is 13.1 Å². The molecule has 140 valence electrons. The SMILES string of the molecule is O=S(=O)(NCC1NCCc2ccccc21)c1cnn(Cc2ccccc2)c1. The highest BCUT2D eigenvalue weighted by atomic mass is 32.2. The van der Waals surface area contributed by atoms with Gasteiger partial charge in [-0.1, -0.05) is 54.6 Å². The van der Waals surface area contributed by atoms with Crippen LogP contribution in [-0.4, -0.2) is 31.3 Å². The minimum absolute atomic E-state index is 0.0240. The van der Waals surface area contributed by atoms with Gasteiger partial charge in [-0.15, -0.1) is 0 Å². The number of nitrogens with one attached hydrogen (secondary N) is 2. The Morgan fingerprint density at radius 2 is 1.89 bits per heavy atom. The Balaban J connectivity index is 1.44. The molecule has 0 saturated carbocycles. The van der Waals surface area contributed by atoms with E-state index in [-0.39, 0.29) is 10.9 Å². The molecule has 0 aliphatic carbocycles. The summed E-state index contributed by atoms with van der Waals surface area (Å²) in [5.74, 6) is 0. The summed E-state index contributed by atoms with van der Waals surface area (Å²) < 4.78 is 29.7. The Morgan fingerprint density at radius 3 is 2.74 bits per heavy atom. The molecular weight excluding hydrogens is 360 g/mol. The van der Waals surface area contributed by atoms with Crippen molar-refractivity contribution >= 4 is 10.0 Å². The highest BCUT2D eigenvalue weighted by molar-refractivity contribution is 7.89. The maximum Gasteiger partial charge on any atom is 0.243 e. The van der Waals surface area contributed by atoms with Crippen molar-refractivity contribution in [2.75, 3.05) is 13.1 Å². The molecule has 7 heteroatoms. The van der Waals surface area contributed by atoms with E-state index in [0.717, 1.165) is 24.1 Å². The summed E-state index contributed by atoms with van der Waals surface area (Å²) in [4.78, 5) is 0.183. The third-order valence-corrected chi connectivity index (χ3v) is 6.18. The number of hydrogen-bond acceptors (Lipinski definition) is 4. The van der Waals surface area contributed by atoms with Crippen LogP contribution in [0.5, 0.6) is 0 Å². The fraction of sp³-hybridized carbons (Fsp3) is 0.250. The van der Waals surface area contributed by atoms with Crippen LogP contribution >= 0.6 is 0 Å². The van der Waals surface area contributed by atoms with Crippen LogP contribution in [0.2, 0.25) is 0 Å². The number of nitrogens with zero attached hydrogens (tertiary/aromatic N) is 2. The summed E-state index contributed by atoms with van der Waals surface area (Å²) in [6.45, 7) is 1.69. The molecule has 1 aliphatic heterocycles. The van der Waals surface area contributed by atoms with Crippen molar-refractivity contribution < 1.29 is 8.42 Å². The van der Waals surface area contributed by atoms with Crippen molar-refractivity contribution in [3.63, 3.8) is 0 Å². The number of aromatic nitrogens is 2. The molecule has 1 aliphatic rings. The average Bonchev–Trinajstić information content (AvgIpc) is 3.17. The zero-order chi connectivity index (χ0) is 18.7. The summed E-state index contributed by atoms with van der Waals surface area (Å²) in [5.41, 5.74) is 3.50. The lowest BCUT2D eigenvalue weighted by molar-refractivity contribution is 0.491. The Hall–Kier alpha value is -2.48. The maximum absolute atomic E-state index is 12.7. The zero-order valence-electron chi connectivity index (χ0n) is 14.9. The maximum atomic E-state index is 12.7. The number of hydrogen-bond donors (Lipinski definition) is 2. The molecule has 1 unspecified atom stereocenters. The monoisotopic (exact) mass is 382 g/mol. The molecule has 2 heterocycles. The van der Waals surface area contributed by atoms with Gasteiger partial charge in [0.15, 0.2) is 0 Å². The van der Waals surface area contributed by atoms with Gasteiger partial charge in [-0.25, -0.2) is 13.1 Å². The molecule has 27 heavy (non-hydrogen) atoms. The standard InChI is InChI=1S/C20H22N4O2S/c25-27(26,18-12-22-24(15-18)14-16-6-2-1-3-7-16)23-13-20-19-9-5-4-8-17(19)10-11-21-20/h1-9,12,15,20-21,23H,10-11,13-14H2. The molecule has 2 N–H and O–H groups in total. The van der Waals surface area contributed by atoms with Crippen LogP contribution in [0.4, 0.5) is 0 Å². The van der Waals surface area contributed by atoms with Gasteiger partial charge in [-0.05, 0) is 29.7 Å². The van der Waals surface area contributed by atoms with Crippen LogP contribution < -0.4 is 10.0 Å². The van der Waals surface area contributed by atoms with E-state index in [1.54, 1.807) is 10.9 Å². The average molecular weight is 382 g/mol. The molecule has 0 amide bonds. The van der Waals surface area contributed by atoms with E-state index in [4.69, 9.17) is 0 Å². The Morgan fingerprint density at radius 1 is 1.11 bits per heavy atom. The number of fused-ring (bicyclic) bond motifs is 1. The number of rotatable bonds is 6. The molecule has 0 spiro atoms. The van der Waals surface area contributed by atoms with E-state index in [9.17, 15) is 8.42 Å². The smallest absolute Gasteiger partial charge is 0.243 e. The topological polar surface area (TPSA) is 76.0 Å². The Bertz CT molecular complexity index is 1020. The Kier molecular flexibility index (Phi) is 5.07. The first-order chi connectivity index (χ1) is 13.1. The lowest BCUT2D eigenvalue weighted by Crippen LogP contribution is -2.38. The quantitative estimate of drug-likeness (QED) is 0.685. The van der Waals surface area contributed by atoms with Crippen molar-refractivity contribution in [1.82, 2.24) is 19.8 Å². The normalized spacial score (nSPS) is 16.8. The van der Waals surface area contributed by atoms with E-state index in [1.807, 2.05) is 42.5 Å². The molecule has 0 radical (unpaired) electrons. The third kappa shape index (κ3) is 4.10. The second-order valence-corrected chi connectivity index (χ2v) is 8.43. The molecule has 4 rings (SSSR count). The molecule has 0 saturated heterocycles. The molecule has 3 aromatic rings. The van der Waals surface area contributed by atoms with Gasteiger partial charge in [0.05, 0.1) is 12.7 Å². The van der Waals surface area contributed by atoms with Crippen LogP contribution in [0.3, 0.4) is 0 Å². The van der Waals surface area contributed by atoms with Crippen molar-refractivity contribution in [1.29, 1.82) is 0 Å². The van der Waals surface area contributed by atoms with Crippen molar-refractivity contribution in [2.24, 2.45) is 0 Å². The summed E-state index contributed by atoms with van der Waals surface area (Å²) in [7, 11) is -3.61. The molecular formula is C20H22N4O2S. The predicted molar refractivity (Wildman–Crippen MR) is 104 cm³/mol. The van der Waals surface area contributed by atoms with E-state index in [2.05, 4.69) is 27.3 Å². The highest BCUT2D eigenvalue weighted by Crippen LogP contribution is 2.22. The molecule has 6 nitrogen and oxygen atoms in total. The summed E-state index contributed by atoms with van der Waals surface area (Å²) >= 11 is 0. The molecule has 2 aromatic carbocycles. The highest BCUT2D eigenvalue weighted by Gasteiger charge is 2.23. The number of benzene rings is 2. The number of sulfonamides is 1. The molecule has 1 aromatic heterocycles. The predicted octanol–water partition coefficient (Wildman–Crippen LogP) is 2.10. The fourth-order valence-corrected chi connectivity index (χ4v) is 4.39. The van der Waals surface area contributed by atoms with Gasteiger partial charge in [-0.3, -0.25) is 4.68 Å². The van der Waals surface area contributed by atoms with Gasteiger partial charge < -0.3 is 5.32 Å². The van der Waals surface area contributed by atoms with Crippen LogP contribution in [0, 0.1) is 0 Å². The van der Waals surface area contributed by atoms with Crippen LogP contribution in [0.25, 0.3) is 0 Å². The first-order valence-corrected chi connectivity index (χ1v) is 10.5. The third-order valence-electron chi connectivity index (χ3n) is 4.80. The second-order valence-electron chi connectivity index (χ2n) is 6.67. The van der Waals surface area contributed by atoms with E-state index < -0.39 is 10.0 Å². The lowest BCUT2D eigenvalue weighted by atomic mass is 9.95. The summed E-state index contributed by atoms with van der Waals surface area (Å²) in [6.07, 6.45) is 3.93. The van der Waals surface area contributed by atoms with Crippen molar-refractivity contribution in [3.05, 3.63) is 83.7 Å². The molecule has 0 fully saturated rings. The molecule has 0 bridgehead atoms. The first kappa shape index (κ1) is 17.9. The van der Waals surface area contributed by atoms with Crippen molar-refractivity contribution in [2.45, 2.75) is 23.9 Å². The van der Waals surface area contributed by atoms with Gasteiger partial charge in [-0.2, -0.15) is 5.10 Å². The van der Waals surface area contributed by atoms with Crippen LogP contribution in [-0.2, 0) is 23.0 Å². The Labute approximate surface area is 159 Å². The van der Waals surface area contributed by atoms with Gasteiger partial charge in [0.2, 0.25) is 10.0 Å². The first-order valence-electron chi connectivity index (χ1n) is 8.99. The lowest BCUT2D eigenvalue weighted by Gasteiger charge is -2.27. The molecule has 1 atom stereocenters. The minimum atomic E-state index is -3.61. The largest absolute Gasteiger partial charge is 0.308 e. The van der Waals surface area contributed by atoms with E-state index in [1.165, 1.54) is 11.8 Å².